The molecular formula is C23H28N2O2. The Balaban J connectivity index is 1.53. The van der Waals surface area contributed by atoms with Gasteiger partial charge in [-0.3, -0.25) is 9.36 Å². The molecule has 0 saturated carbocycles. The molecule has 0 aliphatic carbocycles. The summed E-state index contributed by atoms with van der Waals surface area (Å²) in [5.74, 6) is 0.938. The summed E-state index contributed by atoms with van der Waals surface area (Å²) in [6, 6.07) is 13.9. The van der Waals surface area contributed by atoms with Crippen LogP contribution >= 0.6 is 0 Å². The van der Waals surface area contributed by atoms with E-state index in [9.17, 15) is 4.79 Å². The number of nitrogens with zero attached hydrogens (tertiary/aromatic N) is 2. The van der Waals surface area contributed by atoms with E-state index in [0.717, 1.165) is 29.7 Å². The van der Waals surface area contributed by atoms with E-state index in [1.807, 2.05) is 24.3 Å². The molecule has 0 radical (unpaired) electrons. The molecule has 0 amide bonds. The molecule has 0 spiro atoms. The van der Waals surface area contributed by atoms with E-state index in [0.29, 0.717) is 18.5 Å². The number of benzene rings is 2. The van der Waals surface area contributed by atoms with Crippen LogP contribution in [0.4, 0.5) is 0 Å². The first-order valence-corrected chi connectivity index (χ1v) is 9.54. The van der Waals surface area contributed by atoms with Gasteiger partial charge in [-0.2, -0.15) is 0 Å². The van der Waals surface area contributed by atoms with Crippen molar-refractivity contribution < 1.29 is 4.74 Å². The minimum Gasteiger partial charge on any atom is -0.493 e. The third-order valence-corrected chi connectivity index (χ3v) is 4.82. The number of ether oxygens (including phenoxy) is 1. The van der Waals surface area contributed by atoms with E-state index >= 15 is 0 Å². The normalized spacial score (nSPS) is 11.7. The van der Waals surface area contributed by atoms with Crippen LogP contribution < -0.4 is 10.3 Å². The molecule has 0 saturated heterocycles. The Kier molecular flexibility index (Phi) is 5.64. The highest BCUT2D eigenvalue weighted by Gasteiger charge is 2.14. The largest absolute Gasteiger partial charge is 0.493 e. The van der Waals surface area contributed by atoms with Crippen molar-refractivity contribution in [3.05, 3.63) is 70.3 Å². The number of unbranched alkanes of at least 4 members (excludes halogenated alkanes) is 1. The van der Waals surface area contributed by atoms with Crippen molar-refractivity contribution in [1.82, 2.24) is 9.55 Å². The summed E-state index contributed by atoms with van der Waals surface area (Å²) >= 11 is 0. The van der Waals surface area contributed by atoms with E-state index < -0.39 is 0 Å². The van der Waals surface area contributed by atoms with Crippen molar-refractivity contribution in [2.24, 2.45) is 0 Å². The average molecular weight is 364 g/mol. The van der Waals surface area contributed by atoms with Crippen molar-refractivity contribution in [3.63, 3.8) is 0 Å². The molecule has 0 fully saturated rings. The Morgan fingerprint density at radius 2 is 1.85 bits per heavy atom. The maximum Gasteiger partial charge on any atom is 0.261 e. The van der Waals surface area contributed by atoms with Crippen molar-refractivity contribution in [2.75, 3.05) is 6.61 Å². The number of rotatable bonds is 6. The topological polar surface area (TPSA) is 44.1 Å². The fourth-order valence-electron chi connectivity index (χ4n) is 3.11. The predicted octanol–water partition coefficient (Wildman–Crippen LogP) is 4.86. The van der Waals surface area contributed by atoms with Gasteiger partial charge in [0.05, 0.1) is 23.8 Å². The molecule has 0 unspecified atom stereocenters. The Labute approximate surface area is 160 Å². The third kappa shape index (κ3) is 4.57. The number of hydrogen-bond acceptors (Lipinski definition) is 3. The Morgan fingerprint density at radius 1 is 1.07 bits per heavy atom. The van der Waals surface area contributed by atoms with E-state index in [2.05, 4.69) is 50.9 Å². The zero-order chi connectivity index (χ0) is 19.4. The first-order valence-electron chi connectivity index (χ1n) is 9.54. The molecule has 0 N–H and O–H groups in total. The third-order valence-electron chi connectivity index (χ3n) is 4.82. The minimum atomic E-state index is 0.0233. The molecule has 3 rings (SSSR count). The standard InChI is InChI=1S/C23H28N2O2/c1-17-15-18(23(2,3)4)11-12-21(17)27-14-8-7-13-25-16-24-20-10-6-5-9-19(20)22(25)26/h5-6,9-12,15-16H,7-8,13-14H2,1-4H3. The fourth-order valence-corrected chi connectivity index (χ4v) is 3.11. The van der Waals surface area contributed by atoms with Crippen LogP contribution in [0, 0.1) is 6.92 Å². The monoisotopic (exact) mass is 364 g/mol. The van der Waals surface area contributed by atoms with Gasteiger partial charge in [-0.1, -0.05) is 45.0 Å². The maximum absolute atomic E-state index is 12.5. The van der Waals surface area contributed by atoms with Crippen molar-refractivity contribution in [2.45, 2.75) is 52.5 Å². The summed E-state index contributed by atoms with van der Waals surface area (Å²) in [5.41, 5.74) is 3.39. The second-order valence-electron chi connectivity index (χ2n) is 8.05. The molecule has 3 aromatic rings. The number of aryl methyl sites for hydroxylation is 2. The van der Waals surface area contributed by atoms with Gasteiger partial charge in [0.1, 0.15) is 5.75 Å². The molecule has 4 nitrogen and oxygen atoms in total. The van der Waals surface area contributed by atoms with Gasteiger partial charge in [0.2, 0.25) is 0 Å². The fraction of sp³-hybridized carbons (Fsp3) is 0.391. The Hall–Kier alpha value is -2.62. The smallest absolute Gasteiger partial charge is 0.261 e. The van der Waals surface area contributed by atoms with E-state index in [4.69, 9.17) is 4.74 Å². The van der Waals surface area contributed by atoms with Crippen molar-refractivity contribution in [1.29, 1.82) is 0 Å². The minimum absolute atomic E-state index is 0.0233. The second kappa shape index (κ2) is 7.95. The van der Waals surface area contributed by atoms with E-state index in [-0.39, 0.29) is 11.0 Å². The molecule has 27 heavy (non-hydrogen) atoms. The maximum atomic E-state index is 12.5. The molecule has 0 aliphatic rings. The first-order chi connectivity index (χ1) is 12.9. The van der Waals surface area contributed by atoms with Crippen LogP contribution in [0.1, 0.15) is 44.7 Å². The van der Waals surface area contributed by atoms with Gasteiger partial charge in [-0.05, 0) is 54.5 Å². The summed E-state index contributed by atoms with van der Waals surface area (Å²) in [6.45, 7) is 10.0. The van der Waals surface area contributed by atoms with Gasteiger partial charge in [0.25, 0.3) is 5.56 Å². The summed E-state index contributed by atoms with van der Waals surface area (Å²) < 4.78 is 7.63. The van der Waals surface area contributed by atoms with E-state index in [1.165, 1.54) is 5.56 Å². The number of fused-ring (bicyclic) bond motifs is 1. The number of aromatic nitrogens is 2. The molecule has 1 heterocycles. The molecule has 0 bridgehead atoms. The average Bonchev–Trinajstić information content (AvgIpc) is 2.63. The molecule has 1 aromatic heterocycles. The van der Waals surface area contributed by atoms with Gasteiger partial charge in [-0.15, -0.1) is 0 Å². The van der Waals surface area contributed by atoms with Crippen LogP contribution in [0.5, 0.6) is 5.75 Å². The quantitative estimate of drug-likeness (QED) is 0.587. The summed E-state index contributed by atoms with van der Waals surface area (Å²) in [4.78, 5) is 16.8. The molecule has 4 heteroatoms. The lowest BCUT2D eigenvalue weighted by atomic mass is 9.86. The number of para-hydroxylation sites is 1. The van der Waals surface area contributed by atoms with Gasteiger partial charge < -0.3 is 4.74 Å². The summed E-state index contributed by atoms with van der Waals surface area (Å²) in [5, 5.41) is 0.672. The molecule has 0 aliphatic heterocycles. The second-order valence-corrected chi connectivity index (χ2v) is 8.05. The number of hydrogen-bond donors (Lipinski definition) is 0. The van der Waals surface area contributed by atoms with Crippen LogP contribution in [-0.4, -0.2) is 16.2 Å². The predicted molar refractivity (Wildman–Crippen MR) is 111 cm³/mol. The van der Waals surface area contributed by atoms with Crippen LogP contribution in [0.2, 0.25) is 0 Å². The Morgan fingerprint density at radius 3 is 2.59 bits per heavy atom. The van der Waals surface area contributed by atoms with Gasteiger partial charge in [0, 0.05) is 6.54 Å². The van der Waals surface area contributed by atoms with Crippen LogP contribution in [0.15, 0.2) is 53.6 Å². The highest BCUT2D eigenvalue weighted by molar-refractivity contribution is 5.76. The summed E-state index contributed by atoms with van der Waals surface area (Å²) in [6.07, 6.45) is 3.40. The Bertz CT molecular complexity index is 984. The zero-order valence-corrected chi connectivity index (χ0v) is 16.7. The van der Waals surface area contributed by atoms with Gasteiger partial charge in [-0.25, -0.2) is 4.98 Å². The molecule has 142 valence electrons. The highest BCUT2D eigenvalue weighted by atomic mass is 16.5. The van der Waals surface area contributed by atoms with Gasteiger partial charge in [0.15, 0.2) is 0 Å². The van der Waals surface area contributed by atoms with Crippen LogP contribution in [-0.2, 0) is 12.0 Å². The van der Waals surface area contributed by atoms with Gasteiger partial charge >= 0.3 is 0 Å². The summed E-state index contributed by atoms with van der Waals surface area (Å²) in [7, 11) is 0. The van der Waals surface area contributed by atoms with Crippen molar-refractivity contribution in [3.8, 4) is 5.75 Å². The lowest BCUT2D eigenvalue weighted by Crippen LogP contribution is -2.20. The highest BCUT2D eigenvalue weighted by Crippen LogP contribution is 2.27. The van der Waals surface area contributed by atoms with E-state index in [1.54, 1.807) is 10.9 Å². The lowest BCUT2D eigenvalue weighted by Gasteiger charge is -2.20. The SMILES string of the molecule is Cc1cc(C(C)(C)C)ccc1OCCCCn1cnc2ccccc2c1=O. The molecular weight excluding hydrogens is 336 g/mol. The van der Waals surface area contributed by atoms with Crippen LogP contribution in [0.25, 0.3) is 10.9 Å². The molecule has 0 atom stereocenters. The zero-order valence-electron chi connectivity index (χ0n) is 16.7. The van der Waals surface area contributed by atoms with Crippen molar-refractivity contribution >= 4 is 10.9 Å². The van der Waals surface area contributed by atoms with Crippen LogP contribution in [0.3, 0.4) is 0 Å². The lowest BCUT2D eigenvalue weighted by molar-refractivity contribution is 0.300. The first kappa shape index (κ1) is 19.2. The molecule has 2 aromatic carbocycles.